The van der Waals surface area contributed by atoms with Crippen molar-refractivity contribution in [3.63, 3.8) is 0 Å². The first-order valence-electron chi connectivity index (χ1n) is 6.19. The number of aryl methyl sites for hydroxylation is 1. The predicted octanol–water partition coefficient (Wildman–Crippen LogP) is 3.69. The molecule has 0 amide bonds. The quantitative estimate of drug-likeness (QED) is 0.780. The average Bonchev–Trinajstić information content (AvgIpc) is 2.83. The third-order valence-corrected chi connectivity index (χ3v) is 4.29. The molecule has 0 unspecified atom stereocenters. The van der Waals surface area contributed by atoms with Gasteiger partial charge in [0, 0.05) is 11.7 Å². The third kappa shape index (κ3) is 1.54. The van der Waals surface area contributed by atoms with Crippen molar-refractivity contribution in [1.82, 2.24) is 14.5 Å². The van der Waals surface area contributed by atoms with Crippen LogP contribution >= 0.6 is 12.2 Å². The van der Waals surface area contributed by atoms with Crippen LogP contribution in [-0.4, -0.2) is 14.5 Å². The predicted molar refractivity (Wildman–Crippen MR) is 71.8 cm³/mol. The Bertz CT molecular complexity index is 617. The Morgan fingerprint density at radius 1 is 1.41 bits per heavy atom. The number of pyridine rings is 1. The first-order chi connectivity index (χ1) is 8.12. The summed E-state index contributed by atoms with van der Waals surface area (Å²) in [6.07, 6.45) is 6.84. The monoisotopic (exact) mass is 247 g/mol. The largest absolute Gasteiger partial charge is 0.329 e. The van der Waals surface area contributed by atoms with Crippen LogP contribution in [0.4, 0.5) is 0 Å². The molecule has 2 heterocycles. The van der Waals surface area contributed by atoms with Crippen LogP contribution in [0.1, 0.15) is 38.2 Å². The van der Waals surface area contributed by atoms with Crippen molar-refractivity contribution >= 4 is 23.4 Å². The SMILES string of the molecule is Cc1ccnc2c1[nH]c(=S)n2C1(C)CCCC1. The van der Waals surface area contributed by atoms with E-state index >= 15 is 0 Å². The van der Waals surface area contributed by atoms with Gasteiger partial charge in [0.15, 0.2) is 10.4 Å². The number of H-pyrrole nitrogens is 1. The lowest BCUT2D eigenvalue weighted by Crippen LogP contribution is -2.26. The van der Waals surface area contributed by atoms with E-state index in [1.54, 1.807) is 0 Å². The summed E-state index contributed by atoms with van der Waals surface area (Å²) in [4.78, 5) is 7.83. The molecule has 1 fully saturated rings. The Labute approximate surface area is 106 Å². The maximum Gasteiger partial charge on any atom is 0.179 e. The van der Waals surface area contributed by atoms with E-state index in [1.165, 1.54) is 31.2 Å². The lowest BCUT2D eigenvalue weighted by atomic mass is 10.0. The summed E-state index contributed by atoms with van der Waals surface area (Å²) in [5.74, 6) is 0. The van der Waals surface area contributed by atoms with Crippen molar-refractivity contribution < 1.29 is 0 Å². The van der Waals surface area contributed by atoms with Gasteiger partial charge in [0.05, 0.1) is 5.52 Å². The fourth-order valence-electron chi connectivity index (χ4n) is 2.99. The Hall–Kier alpha value is -1.16. The van der Waals surface area contributed by atoms with Crippen LogP contribution in [0.3, 0.4) is 0 Å². The Balaban J connectivity index is 2.33. The molecule has 2 aromatic rings. The zero-order valence-electron chi connectivity index (χ0n) is 10.3. The average molecular weight is 247 g/mol. The number of aromatic nitrogens is 3. The fourth-order valence-corrected chi connectivity index (χ4v) is 3.40. The molecule has 0 spiro atoms. The van der Waals surface area contributed by atoms with Gasteiger partial charge in [-0.3, -0.25) is 4.57 Å². The molecule has 0 bridgehead atoms. The van der Waals surface area contributed by atoms with Crippen LogP contribution in [-0.2, 0) is 5.54 Å². The van der Waals surface area contributed by atoms with E-state index in [0.29, 0.717) is 0 Å². The van der Waals surface area contributed by atoms with Gasteiger partial charge >= 0.3 is 0 Å². The molecular formula is C13H17N3S. The van der Waals surface area contributed by atoms with Gasteiger partial charge in [-0.05, 0) is 50.5 Å². The van der Waals surface area contributed by atoms with Crippen LogP contribution in [0.15, 0.2) is 12.3 Å². The molecule has 1 aliphatic carbocycles. The number of nitrogens with one attached hydrogen (secondary N) is 1. The number of aromatic amines is 1. The molecule has 2 aromatic heterocycles. The molecular weight excluding hydrogens is 230 g/mol. The highest BCUT2D eigenvalue weighted by molar-refractivity contribution is 7.71. The molecule has 4 heteroatoms. The van der Waals surface area contributed by atoms with E-state index in [4.69, 9.17) is 12.2 Å². The minimum absolute atomic E-state index is 0.149. The maximum absolute atomic E-state index is 5.49. The molecule has 0 aromatic carbocycles. The molecule has 17 heavy (non-hydrogen) atoms. The first-order valence-corrected chi connectivity index (χ1v) is 6.59. The summed E-state index contributed by atoms with van der Waals surface area (Å²) >= 11 is 5.49. The fraction of sp³-hybridized carbons (Fsp3) is 0.538. The lowest BCUT2D eigenvalue weighted by molar-refractivity contribution is 0.333. The molecule has 1 aliphatic rings. The van der Waals surface area contributed by atoms with Gasteiger partial charge in [0.25, 0.3) is 0 Å². The second kappa shape index (κ2) is 3.67. The second-order valence-electron chi connectivity index (χ2n) is 5.30. The molecule has 0 atom stereocenters. The Morgan fingerprint density at radius 2 is 2.12 bits per heavy atom. The van der Waals surface area contributed by atoms with E-state index in [1.807, 2.05) is 12.3 Å². The highest BCUT2D eigenvalue weighted by Crippen LogP contribution is 2.38. The summed E-state index contributed by atoms with van der Waals surface area (Å²) in [6.45, 7) is 4.39. The maximum atomic E-state index is 5.49. The van der Waals surface area contributed by atoms with Gasteiger partial charge < -0.3 is 4.98 Å². The number of hydrogen-bond acceptors (Lipinski definition) is 2. The Kier molecular flexibility index (Phi) is 2.36. The molecule has 3 nitrogen and oxygen atoms in total. The van der Waals surface area contributed by atoms with Crippen LogP contribution in [0.25, 0.3) is 11.2 Å². The topological polar surface area (TPSA) is 33.6 Å². The molecule has 1 N–H and O–H groups in total. The molecule has 90 valence electrons. The minimum atomic E-state index is 0.149. The molecule has 0 saturated heterocycles. The standard InChI is InChI=1S/C13H17N3S/c1-9-5-8-14-11-10(9)15-12(17)16(11)13(2)6-3-4-7-13/h5,8H,3-4,6-7H2,1-2H3,(H,15,17). The van der Waals surface area contributed by atoms with Crippen molar-refractivity contribution in [1.29, 1.82) is 0 Å². The smallest absolute Gasteiger partial charge is 0.179 e. The van der Waals surface area contributed by atoms with E-state index in [0.717, 1.165) is 15.9 Å². The van der Waals surface area contributed by atoms with Crippen LogP contribution in [0.2, 0.25) is 0 Å². The van der Waals surface area contributed by atoms with Crippen molar-refractivity contribution in [3.05, 3.63) is 22.6 Å². The molecule has 0 radical (unpaired) electrons. The lowest BCUT2D eigenvalue weighted by Gasteiger charge is -2.26. The van der Waals surface area contributed by atoms with Gasteiger partial charge in [-0.15, -0.1) is 0 Å². The van der Waals surface area contributed by atoms with Crippen LogP contribution in [0.5, 0.6) is 0 Å². The summed E-state index contributed by atoms with van der Waals surface area (Å²) < 4.78 is 3.05. The number of hydrogen-bond donors (Lipinski definition) is 1. The van der Waals surface area contributed by atoms with E-state index in [9.17, 15) is 0 Å². The number of fused-ring (bicyclic) bond motifs is 1. The number of nitrogens with zero attached hydrogens (tertiary/aromatic N) is 2. The van der Waals surface area contributed by atoms with Gasteiger partial charge in [0.1, 0.15) is 0 Å². The Morgan fingerprint density at radius 3 is 2.82 bits per heavy atom. The van der Waals surface area contributed by atoms with E-state index < -0.39 is 0 Å². The summed E-state index contributed by atoms with van der Waals surface area (Å²) in [6, 6.07) is 2.02. The van der Waals surface area contributed by atoms with Crippen molar-refractivity contribution in [3.8, 4) is 0 Å². The zero-order valence-corrected chi connectivity index (χ0v) is 11.1. The minimum Gasteiger partial charge on any atom is -0.329 e. The first kappa shape index (κ1) is 11.0. The van der Waals surface area contributed by atoms with Gasteiger partial charge in [-0.2, -0.15) is 0 Å². The van der Waals surface area contributed by atoms with E-state index in [-0.39, 0.29) is 5.54 Å². The van der Waals surface area contributed by atoms with Gasteiger partial charge in [0.2, 0.25) is 0 Å². The summed E-state index contributed by atoms with van der Waals surface area (Å²) in [5.41, 5.74) is 3.46. The summed E-state index contributed by atoms with van der Waals surface area (Å²) in [7, 11) is 0. The highest BCUT2D eigenvalue weighted by atomic mass is 32.1. The van der Waals surface area contributed by atoms with Crippen LogP contribution < -0.4 is 0 Å². The summed E-state index contributed by atoms with van der Waals surface area (Å²) in [5, 5.41) is 0. The number of imidazole rings is 1. The molecule has 3 rings (SSSR count). The van der Waals surface area contributed by atoms with Crippen LogP contribution in [0, 0.1) is 11.7 Å². The van der Waals surface area contributed by atoms with Crippen molar-refractivity contribution in [2.45, 2.75) is 45.1 Å². The van der Waals surface area contributed by atoms with Crippen molar-refractivity contribution in [2.24, 2.45) is 0 Å². The molecule has 1 saturated carbocycles. The van der Waals surface area contributed by atoms with E-state index in [2.05, 4.69) is 28.4 Å². The second-order valence-corrected chi connectivity index (χ2v) is 5.68. The number of rotatable bonds is 1. The van der Waals surface area contributed by atoms with Gasteiger partial charge in [-0.1, -0.05) is 12.8 Å². The zero-order chi connectivity index (χ0) is 12.0. The highest BCUT2D eigenvalue weighted by Gasteiger charge is 2.32. The normalized spacial score (nSPS) is 18.9. The van der Waals surface area contributed by atoms with Crippen molar-refractivity contribution in [2.75, 3.05) is 0 Å². The molecule has 0 aliphatic heterocycles. The third-order valence-electron chi connectivity index (χ3n) is 4.01. The van der Waals surface area contributed by atoms with Gasteiger partial charge in [-0.25, -0.2) is 4.98 Å².